The monoisotopic (exact) mass is 439 g/mol. The Morgan fingerprint density at radius 2 is 1.66 bits per heavy atom. The lowest BCUT2D eigenvalue weighted by molar-refractivity contribution is 0.0170. The highest BCUT2D eigenvalue weighted by Crippen LogP contribution is 2.24. The van der Waals surface area contributed by atoms with Crippen LogP contribution in [-0.2, 0) is 4.74 Å². The van der Waals surface area contributed by atoms with Gasteiger partial charge in [-0.25, -0.2) is 0 Å². The minimum Gasteiger partial charge on any atom is -0.497 e. The number of benzene rings is 2. The zero-order chi connectivity index (χ0) is 22.8. The highest BCUT2D eigenvalue weighted by molar-refractivity contribution is 5.79. The predicted octanol–water partition coefficient (Wildman–Crippen LogP) is 2.54. The van der Waals surface area contributed by atoms with Gasteiger partial charge in [0.05, 0.1) is 32.4 Å². The van der Waals surface area contributed by atoms with Crippen molar-refractivity contribution in [2.24, 2.45) is 4.99 Å². The summed E-state index contributed by atoms with van der Waals surface area (Å²) in [4.78, 5) is 9.16. The van der Waals surface area contributed by atoms with Crippen molar-refractivity contribution in [2.45, 2.75) is 12.1 Å². The first-order chi connectivity index (χ1) is 15.6. The van der Waals surface area contributed by atoms with Gasteiger partial charge in [0, 0.05) is 33.2 Å². The number of hydrogen-bond donors (Lipinski definition) is 2. The summed E-state index contributed by atoms with van der Waals surface area (Å²) in [5.41, 5.74) is 2.54. The van der Waals surface area contributed by atoms with E-state index in [0.29, 0.717) is 0 Å². The second kappa shape index (κ2) is 12.4. The summed E-state index contributed by atoms with van der Waals surface area (Å²) in [6.07, 6.45) is 0. The molecule has 0 spiro atoms. The van der Waals surface area contributed by atoms with Crippen LogP contribution in [-0.4, -0.2) is 83.4 Å². The summed E-state index contributed by atoms with van der Waals surface area (Å²) in [5, 5.41) is 7.06. The normalized spacial score (nSPS) is 17.1. The quantitative estimate of drug-likeness (QED) is 0.463. The van der Waals surface area contributed by atoms with Gasteiger partial charge in [0.2, 0.25) is 0 Å². The number of guanidine groups is 1. The molecule has 1 fully saturated rings. The van der Waals surface area contributed by atoms with Crippen molar-refractivity contribution in [3.8, 4) is 5.75 Å². The van der Waals surface area contributed by atoms with E-state index in [4.69, 9.17) is 9.47 Å². The number of rotatable bonds is 9. The van der Waals surface area contributed by atoms with Crippen LogP contribution in [0.4, 0.5) is 0 Å². The smallest absolute Gasteiger partial charge is 0.191 e. The molecule has 0 amide bonds. The minimum atomic E-state index is 0.224. The molecule has 7 nitrogen and oxygen atoms in total. The average Bonchev–Trinajstić information content (AvgIpc) is 2.84. The summed E-state index contributed by atoms with van der Waals surface area (Å²) in [6.45, 7) is 4.89. The molecule has 2 N–H and O–H groups in total. The van der Waals surface area contributed by atoms with Crippen molar-refractivity contribution < 1.29 is 9.47 Å². The van der Waals surface area contributed by atoms with Crippen LogP contribution in [0, 0.1) is 0 Å². The van der Waals surface area contributed by atoms with Crippen LogP contribution in [0.25, 0.3) is 0 Å². The van der Waals surface area contributed by atoms with E-state index < -0.39 is 0 Å². The van der Waals surface area contributed by atoms with Crippen molar-refractivity contribution >= 4 is 5.96 Å². The Morgan fingerprint density at radius 3 is 2.25 bits per heavy atom. The number of aliphatic imine (C=N–C) groups is 1. The Hall–Kier alpha value is -2.61. The van der Waals surface area contributed by atoms with Crippen LogP contribution in [0.2, 0.25) is 0 Å². The van der Waals surface area contributed by atoms with Crippen LogP contribution >= 0.6 is 0 Å². The van der Waals surface area contributed by atoms with E-state index in [1.165, 1.54) is 11.1 Å². The molecule has 0 aromatic heterocycles. The molecule has 1 heterocycles. The number of ether oxygens (including phenoxy) is 2. The molecule has 2 aromatic rings. The molecule has 0 bridgehead atoms. The molecular formula is C25H37N5O2. The average molecular weight is 440 g/mol. The van der Waals surface area contributed by atoms with Crippen LogP contribution in [0.15, 0.2) is 59.6 Å². The lowest BCUT2D eigenvalue weighted by Gasteiger charge is -2.35. The molecule has 32 heavy (non-hydrogen) atoms. The molecule has 3 rings (SSSR count). The van der Waals surface area contributed by atoms with Crippen LogP contribution in [0.1, 0.15) is 23.2 Å². The van der Waals surface area contributed by atoms with Crippen molar-refractivity contribution in [2.75, 3.05) is 67.6 Å². The Labute approximate surface area is 192 Å². The summed E-state index contributed by atoms with van der Waals surface area (Å²) >= 11 is 0. The Bertz CT molecular complexity index is 820. The summed E-state index contributed by atoms with van der Waals surface area (Å²) < 4.78 is 10.9. The SMILES string of the molecule is CN=C(NCC(c1ccccc1)N(C)C)NCC(c1ccc(OC)cc1)N1CCOCC1. The molecule has 0 radical (unpaired) electrons. The third-order valence-corrected chi connectivity index (χ3v) is 5.94. The molecule has 0 saturated carbocycles. The van der Waals surface area contributed by atoms with Crippen LogP contribution in [0.5, 0.6) is 5.75 Å². The maximum absolute atomic E-state index is 5.58. The lowest BCUT2D eigenvalue weighted by Crippen LogP contribution is -2.47. The van der Waals surface area contributed by atoms with Gasteiger partial charge in [-0.3, -0.25) is 9.89 Å². The minimum absolute atomic E-state index is 0.224. The van der Waals surface area contributed by atoms with Gasteiger partial charge < -0.3 is 25.0 Å². The van der Waals surface area contributed by atoms with E-state index in [1.54, 1.807) is 7.11 Å². The summed E-state index contributed by atoms with van der Waals surface area (Å²) in [5.74, 6) is 1.68. The van der Waals surface area contributed by atoms with Crippen molar-refractivity contribution in [1.82, 2.24) is 20.4 Å². The first kappa shape index (κ1) is 24.0. The van der Waals surface area contributed by atoms with E-state index in [9.17, 15) is 0 Å². The topological polar surface area (TPSA) is 61.4 Å². The maximum atomic E-state index is 5.58. The Morgan fingerprint density at radius 1 is 1.00 bits per heavy atom. The Balaban J connectivity index is 1.65. The fourth-order valence-corrected chi connectivity index (χ4v) is 4.05. The standard InChI is InChI=1S/C25H37N5O2/c1-26-25(27-18-23(29(2)3)20-8-6-5-7-9-20)28-19-24(30-14-16-32-17-15-30)21-10-12-22(31-4)13-11-21/h5-13,23-24H,14-19H2,1-4H3,(H2,26,27,28). The maximum Gasteiger partial charge on any atom is 0.191 e. The van der Waals surface area contributed by atoms with Gasteiger partial charge in [-0.05, 0) is 37.4 Å². The molecule has 0 aliphatic carbocycles. The number of hydrogen-bond acceptors (Lipinski definition) is 5. The van der Waals surface area contributed by atoms with Crippen molar-refractivity contribution in [3.05, 3.63) is 65.7 Å². The van der Waals surface area contributed by atoms with Gasteiger partial charge in [-0.1, -0.05) is 42.5 Å². The Kier molecular flexibility index (Phi) is 9.34. The molecule has 2 unspecified atom stereocenters. The molecule has 174 valence electrons. The summed E-state index contributed by atoms with van der Waals surface area (Å²) in [7, 11) is 7.73. The van der Waals surface area contributed by atoms with E-state index >= 15 is 0 Å². The van der Waals surface area contributed by atoms with Crippen molar-refractivity contribution in [1.29, 1.82) is 0 Å². The van der Waals surface area contributed by atoms with Crippen LogP contribution in [0.3, 0.4) is 0 Å². The molecule has 1 aliphatic rings. The van der Waals surface area contributed by atoms with Crippen molar-refractivity contribution in [3.63, 3.8) is 0 Å². The third-order valence-electron chi connectivity index (χ3n) is 5.94. The first-order valence-electron chi connectivity index (χ1n) is 11.2. The van der Waals surface area contributed by atoms with Gasteiger partial charge in [-0.15, -0.1) is 0 Å². The van der Waals surface area contributed by atoms with E-state index in [0.717, 1.165) is 51.1 Å². The lowest BCUT2D eigenvalue weighted by atomic mass is 10.0. The predicted molar refractivity (Wildman–Crippen MR) is 130 cm³/mol. The highest BCUT2D eigenvalue weighted by Gasteiger charge is 2.23. The number of methoxy groups -OCH3 is 1. The van der Waals surface area contributed by atoms with E-state index in [1.807, 2.05) is 19.2 Å². The van der Waals surface area contributed by atoms with Gasteiger partial charge in [0.25, 0.3) is 0 Å². The van der Waals surface area contributed by atoms with Gasteiger partial charge >= 0.3 is 0 Å². The number of likely N-dealkylation sites (N-methyl/N-ethyl adjacent to an activating group) is 1. The molecular weight excluding hydrogens is 402 g/mol. The van der Waals surface area contributed by atoms with E-state index in [2.05, 4.69) is 82.0 Å². The molecule has 2 atom stereocenters. The number of nitrogens with zero attached hydrogens (tertiary/aromatic N) is 3. The number of morpholine rings is 1. The molecule has 7 heteroatoms. The van der Waals surface area contributed by atoms with Gasteiger partial charge in [0.15, 0.2) is 5.96 Å². The molecule has 2 aromatic carbocycles. The highest BCUT2D eigenvalue weighted by atomic mass is 16.5. The fourth-order valence-electron chi connectivity index (χ4n) is 4.05. The zero-order valence-electron chi connectivity index (χ0n) is 19.8. The third kappa shape index (κ3) is 6.69. The van der Waals surface area contributed by atoms with Crippen LogP contribution < -0.4 is 15.4 Å². The second-order valence-corrected chi connectivity index (χ2v) is 8.16. The van der Waals surface area contributed by atoms with Gasteiger partial charge in [-0.2, -0.15) is 0 Å². The van der Waals surface area contributed by atoms with Gasteiger partial charge in [0.1, 0.15) is 5.75 Å². The molecule has 1 saturated heterocycles. The second-order valence-electron chi connectivity index (χ2n) is 8.16. The molecule has 1 aliphatic heterocycles. The van der Waals surface area contributed by atoms with E-state index in [-0.39, 0.29) is 12.1 Å². The largest absolute Gasteiger partial charge is 0.497 e. The fraction of sp³-hybridized carbons (Fsp3) is 0.480. The zero-order valence-corrected chi connectivity index (χ0v) is 19.8. The first-order valence-corrected chi connectivity index (χ1v) is 11.2. The summed E-state index contributed by atoms with van der Waals surface area (Å²) in [6, 6.07) is 19.4. The number of nitrogens with one attached hydrogen (secondary N) is 2.